The zero-order valence-electron chi connectivity index (χ0n) is 14.7. The molecule has 0 saturated heterocycles. The maximum Gasteiger partial charge on any atom is 0.343 e. The Labute approximate surface area is 138 Å². The van der Waals surface area contributed by atoms with Gasteiger partial charge in [0.1, 0.15) is 0 Å². The van der Waals surface area contributed by atoms with Crippen LogP contribution < -0.4 is 9.47 Å². The first-order valence-corrected chi connectivity index (χ1v) is 7.70. The minimum Gasteiger partial charge on any atom is -0.493 e. The van der Waals surface area contributed by atoms with Crippen LogP contribution in [0.4, 0.5) is 0 Å². The number of aryl methyl sites for hydroxylation is 2. The molecule has 3 nitrogen and oxygen atoms in total. The number of methoxy groups -OCH3 is 1. The van der Waals surface area contributed by atoms with E-state index in [1.807, 2.05) is 32.0 Å². The molecule has 0 heterocycles. The minimum atomic E-state index is -0.381. The molecule has 0 bridgehead atoms. The van der Waals surface area contributed by atoms with Crippen LogP contribution in [0.1, 0.15) is 47.8 Å². The summed E-state index contributed by atoms with van der Waals surface area (Å²) in [6.45, 7) is 10.3. The van der Waals surface area contributed by atoms with Gasteiger partial charge in [0, 0.05) is 0 Å². The summed E-state index contributed by atoms with van der Waals surface area (Å²) >= 11 is 0. The molecule has 2 rings (SSSR count). The number of carbonyl (C=O) groups is 1. The van der Waals surface area contributed by atoms with Gasteiger partial charge in [0.2, 0.25) is 0 Å². The van der Waals surface area contributed by atoms with Gasteiger partial charge in [-0.1, -0.05) is 44.5 Å². The second-order valence-electron chi connectivity index (χ2n) is 6.83. The van der Waals surface area contributed by atoms with Gasteiger partial charge in [0.25, 0.3) is 0 Å². The highest BCUT2D eigenvalue weighted by Crippen LogP contribution is 2.36. The Hall–Kier alpha value is -2.29. The molecule has 0 aliphatic rings. The Morgan fingerprint density at radius 1 is 1.00 bits per heavy atom. The normalized spacial score (nSPS) is 11.2. The van der Waals surface area contributed by atoms with E-state index in [0.29, 0.717) is 17.1 Å². The molecule has 0 aliphatic heterocycles. The van der Waals surface area contributed by atoms with Crippen molar-refractivity contribution in [2.24, 2.45) is 0 Å². The molecule has 23 heavy (non-hydrogen) atoms. The number of rotatable bonds is 3. The summed E-state index contributed by atoms with van der Waals surface area (Å²) < 4.78 is 11.0. The molecule has 0 amide bonds. The third kappa shape index (κ3) is 3.92. The quantitative estimate of drug-likeness (QED) is 0.601. The maximum atomic E-state index is 12.4. The van der Waals surface area contributed by atoms with Gasteiger partial charge in [-0.25, -0.2) is 4.79 Å². The Kier molecular flexibility index (Phi) is 4.79. The molecule has 0 N–H and O–H groups in total. The summed E-state index contributed by atoms with van der Waals surface area (Å²) in [6, 6.07) is 11.3. The molecule has 2 aromatic carbocycles. The largest absolute Gasteiger partial charge is 0.493 e. The summed E-state index contributed by atoms with van der Waals surface area (Å²) in [4.78, 5) is 12.4. The van der Waals surface area contributed by atoms with Crippen molar-refractivity contribution in [3.63, 3.8) is 0 Å². The van der Waals surface area contributed by atoms with E-state index < -0.39 is 0 Å². The molecule has 0 unspecified atom stereocenters. The van der Waals surface area contributed by atoms with Gasteiger partial charge in [-0.15, -0.1) is 0 Å². The number of hydrogen-bond acceptors (Lipinski definition) is 3. The summed E-state index contributed by atoms with van der Waals surface area (Å²) in [5.41, 5.74) is 3.64. The van der Waals surface area contributed by atoms with Crippen molar-refractivity contribution in [1.29, 1.82) is 0 Å². The third-order valence-electron chi connectivity index (χ3n) is 3.80. The van der Waals surface area contributed by atoms with Crippen LogP contribution in [0.5, 0.6) is 11.5 Å². The Bertz CT molecular complexity index is 707. The fraction of sp³-hybridized carbons (Fsp3) is 0.350. The van der Waals surface area contributed by atoms with E-state index in [2.05, 4.69) is 26.8 Å². The standard InChI is InChI=1S/C20H24O3/c1-13-7-9-15(10-8-13)19(21)23-17-12-16(20(3,4)5)11-14(2)18(17)22-6/h7-12H,1-6H3. The Balaban J connectivity index is 2.39. The first-order valence-electron chi connectivity index (χ1n) is 7.70. The fourth-order valence-electron chi connectivity index (χ4n) is 2.36. The molecule has 0 atom stereocenters. The van der Waals surface area contributed by atoms with Gasteiger partial charge in [0.15, 0.2) is 11.5 Å². The SMILES string of the molecule is COc1c(C)cc(C(C)(C)C)cc1OC(=O)c1ccc(C)cc1. The van der Waals surface area contributed by atoms with Crippen molar-refractivity contribution >= 4 is 5.97 Å². The van der Waals surface area contributed by atoms with E-state index in [1.165, 1.54) is 0 Å². The first kappa shape index (κ1) is 17.1. The predicted octanol–water partition coefficient (Wildman–Crippen LogP) is 4.83. The number of benzene rings is 2. The van der Waals surface area contributed by atoms with Crippen LogP contribution in [-0.4, -0.2) is 13.1 Å². The summed E-state index contributed by atoms with van der Waals surface area (Å²) in [5, 5.41) is 0. The summed E-state index contributed by atoms with van der Waals surface area (Å²) in [6.07, 6.45) is 0. The molecule has 2 aromatic rings. The fourth-order valence-corrected chi connectivity index (χ4v) is 2.36. The lowest BCUT2D eigenvalue weighted by Gasteiger charge is -2.22. The second kappa shape index (κ2) is 6.45. The molecule has 122 valence electrons. The van der Waals surface area contributed by atoms with Crippen LogP contribution in [0.2, 0.25) is 0 Å². The van der Waals surface area contributed by atoms with Gasteiger partial charge in [-0.3, -0.25) is 0 Å². The lowest BCUT2D eigenvalue weighted by atomic mass is 9.86. The van der Waals surface area contributed by atoms with Crippen LogP contribution in [-0.2, 0) is 5.41 Å². The predicted molar refractivity (Wildman–Crippen MR) is 92.6 cm³/mol. The smallest absolute Gasteiger partial charge is 0.343 e. The Morgan fingerprint density at radius 2 is 1.61 bits per heavy atom. The highest BCUT2D eigenvalue weighted by molar-refractivity contribution is 5.91. The van der Waals surface area contributed by atoms with Gasteiger partial charge in [-0.05, 0) is 48.6 Å². The van der Waals surface area contributed by atoms with E-state index in [-0.39, 0.29) is 11.4 Å². The van der Waals surface area contributed by atoms with Crippen molar-refractivity contribution in [3.05, 3.63) is 58.7 Å². The van der Waals surface area contributed by atoms with Crippen molar-refractivity contribution in [3.8, 4) is 11.5 Å². The molecule has 0 fully saturated rings. The highest BCUT2D eigenvalue weighted by atomic mass is 16.6. The van der Waals surface area contributed by atoms with Crippen LogP contribution in [0.15, 0.2) is 36.4 Å². The molecule has 0 aromatic heterocycles. The van der Waals surface area contributed by atoms with Crippen molar-refractivity contribution in [2.45, 2.75) is 40.0 Å². The Morgan fingerprint density at radius 3 is 2.13 bits per heavy atom. The average molecular weight is 312 g/mol. The van der Waals surface area contributed by atoms with Crippen LogP contribution in [0, 0.1) is 13.8 Å². The topological polar surface area (TPSA) is 35.5 Å². The summed E-state index contributed by atoms with van der Waals surface area (Å²) in [5.74, 6) is 0.676. The lowest BCUT2D eigenvalue weighted by Crippen LogP contribution is -2.14. The summed E-state index contributed by atoms with van der Waals surface area (Å²) in [7, 11) is 1.59. The highest BCUT2D eigenvalue weighted by Gasteiger charge is 2.20. The number of hydrogen-bond donors (Lipinski definition) is 0. The van der Waals surface area contributed by atoms with Gasteiger partial charge >= 0.3 is 5.97 Å². The van der Waals surface area contributed by atoms with E-state index in [4.69, 9.17) is 9.47 Å². The lowest BCUT2D eigenvalue weighted by molar-refractivity contribution is 0.0729. The van der Waals surface area contributed by atoms with Crippen LogP contribution in [0.3, 0.4) is 0 Å². The molecular formula is C20H24O3. The molecule has 0 spiro atoms. The second-order valence-corrected chi connectivity index (χ2v) is 6.83. The monoisotopic (exact) mass is 312 g/mol. The first-order chi connectivity index (χ1) is 10.7. The number of carbonyl (C=O) groups excluding carboxylic acids is 1. The van der Waals surface area contributed by atoms with E-state index in [9.17, 15) is 4.79 Å². The van der Waals surface area contributed by atoms with Crippen molar-refractivity contribution in [2.75, 3.05) is 7.11 Å². The van der Waals surface area contributed by atoms with Crippen molar-refractivity contribution in [1.82, 2.24) is 0 Å². The molecule has 0 saturated carbocycles. The molecule has 3 heteroatoms. The van der Waals surface area contributed by atoms with Crippen LogP contribution >= 0.6 is 0 Å². The van der Waals surface area contributed by atoms with Gasteiger partial charge in [-0.2, -0.15) is 0 Å². The average Bonchev–Trinajstić information content (AvgIpc) is 2.46. The van der Waals surface area contributed by atoms with Gasteiger partial charge in [0.05, 0.1) is 12.7 Å². The third-order valence-corrected chi connectivity index (χ3v) is 3.80. The number of ether oxygens (including phenoxy) is 2. The zero-order chi connectivity index (χ0) is 17.2. The van der Waals surface area contributed by atoms with Crippen molar-refractivity contribution < 1.29 is 14.3 Å². The van der Waals surface area contributed by atoms with Crippen LogP contribution in [0.25, 0.3) is 0 Å². The zero-order valence-corrected chi connectivity index (χ0v) is 14.7. The molecular weight excluding hydrogens is 288 g/mol. The maximum absolute atomic E-state index is 12.4. The van der Waals surface area contributed by atoms with Gasteiger partial charge < -0.3 is 9.47 Å². The van der Waals surface area contributed by atoms with E-state index >= 15 is 0 Å². The minimum absolute atomic E-state index is 0.0396. The molecule has 0 aliphatic carbocycles. The number of esters is 1. The molecule has 0 radical (unpaired) electrons. The van der Waals surface area contributed by atoms with E-state index in [1.54, 1.807) is 19.2 Å². The van der Waals surface area contributed by atoms with E-state index in [0.717, 1.165) is 16.7 Å².